The smallest absolute Gasteiger partial charge is 0.226 e. The van der Waals surface area contributed by atoms with Crippen LogP contribution in [0, 0.1) is 5.92 Å². The van der Waals surface area contributed by atoms with Gasteiger partial charge in [-0.25, -0.2) is 14.5 Å². The van der Waals surface area contributed by atoms with E-state index in [1.807, 2.05) is 17.0 Å². The van der Waals surface area contributed by atoms with Gasteiger partial charge in [-0.3, -0.25) is 4.79 Å². The van der Waals surface area contributed by atoms with Crippen LogP contribution in [-0.2, 0) is 27.1 Å². The number of thiophene rings is 1. The first-order valence-electron chi connectivity index (χ1n) is 11.5. The first-order valence-corrected chi connectivity index (χ1v) is 12.7. The van der Waals surface area contributed by atoms with Crippen molar-refractivity contribution in [1.82, 2.24) is 24.5 Å². The molecular formula is C24H27ClN6O3S. The van der Waals surface area contributed by atoms with Gasteiger partial charge in [0.05, 0.1) is 34.8 Å². The fourth-order valence-corrected chi connectivity index (χ4v) is 6.03. The summed E-state index contributed by atoms with van der Waals surface area (Å²) in [6.07, 6.45) is 7.36. The number of hydrogen-bond donors (Lipinski definition) is 1. The summed E-state index contributed by atoms with van der Waals surface area (Å²) < 4.78 is 12.1. The number of pyridine rings is 1. The molecule has 4 heterocycles. The monoisotopic (exact) mass is 514 g/mol. The molecule has 35 heavy (non-hydrogen) atoms. The average Bonchev–Trinajstić information content (AvgIpc) is 3.47. The number of aryl methyl sites for hydroxylation is 1. The number of rotatable bonds is 9. The van der Waals surface area contributed by atoms with Crippen molar-refractivity contribution >= 4 is 56.1 Å². The number of carbonyl (C=O) groups is 1. The number of carbonyl (C=O) groups excluding carboxylic acids is 1. The van der Waals surface area contributed by atoms with E-state index in [1.165, 1.54) is 10.4 Å². The standard InChI is InChI=1S/C24H27ClN6O3S/c1-33-9-7-30(8-10-34-2)24(32)15-3-4-17-20(11-15)35-23-21(17)22(26-14-27-23)29-19-12-16-5-6-28-31(16)13-18(19)25/h5-6,12-15H,3-4,7-11H2,1-2H3,(H,26,27,29)/t15-/m0/s1. The molecule has 184 valence electrons. The fourth-order valence-electron chi connectivity index (χ4n) is 4.57. The van der Waals surface area contributed by atoms with E-state index in [2.05, 4.69) is 20.4 Å². The molecule has 5 rings (SSSR count). The predicted molar refractivity (Wildman–Crippen MR) is 137 cm³/mol. The highest BCUT2D eigenvalue weighted by Crippen LogP contribution is 2.41. The Morgan fingerprint density at radius 1 is 1.29 bits per heavy atom. The number of hydrogen-bond acceptors (Lipinski definition) is 8. The van der Waals surface area contributed by atoms with Crippen molar-refractivity contribution in [3.63, 3.8) is 0 Å². The van der Waals surface area contributed by atoms with Crippen LogP contribution in [-0.4, -0.2) is 70.9 Å². The van der Waals surface area contributed by atoms with Crippen molar-refractivity contribution in [2.45, 2.75) is 19.3 Å². The van der Waals surface area contributed by atoms with Crippen LogP contribution in [0.5, 0.6) is 0 Å². The molecule has 4 aromatic rings. The van der Waals surface area contributed by atoms with Gasteiger partial charge in [-0.2, -0.15) is 5.10 Å². The van der Waals surface area contributed by atoms with Crippen molar-refractivity contribution in [3.8, 4) is 0 Å². The zero-order valence-electron chi connectivity index (χ0n) is 19.7. The molecule has 0 saturated heterocycles. The minimum absolute atomic E-state index is 0.0626. The Morgan fingerprint density at radius 2 is 2.09 bits per heavy atom. The van der Waals surface area contributed by atoms with E-state index < -0.39 is 0 Å². The van der Waals surface area contributed by atoms with Crippen LogP contribution in [0.3, 0.4) is 0 Å². The zero-order valence-corrected chi connectivity index (χ0v) is 21.2. The minimum Gasteiger partial charge on any atom is -0.383 e. The molecule has 4 aromatic heterocycles. The zero-order chi connectivity index (χ0) is 24.4. The molecule has 1 atom stereocenters. The molecule has 1 amide bonds. The van der Waals surface area contributed by atoms with E-state index in [4.69, 9.17) is 21.1 Å². The summed E-state index contributed by atoms with van der Waals surface area (Å²) in [6, 6.07) is 3.87. The van der Waals surface area contributed by atoms with Gasteiger partial charge >= 0.3 is 0 Å². The number of ether oxygens (including phenoxy) is 2. The number of amides is 1. The van der Waals surface area contributed by atoms with Crippen molar-refractivity contribution in [1.29, 1.82) is 0 Å². The molecule has 0 aliphatic heterocycles. The van der Waals surface area contributed by atoms with Gasteiger partial charge in [-0.1, -0.05) is 11.6 Å². The number of nitrogens with one attached hydrogen (secondary N) is 1. The average molecular weight is 515 g/mol. The highest BCUT2D eigenvalue weighted by molar-refractivity contribution is 7.19. The highest BCUT2D eigenvalue weighted by atomic mass is 35.5. The summed E-state index contributed by atoms with van der Waals surface area (Å²) in [6.45, 7) is 2.15. The lowest BCUT2D eigenvalue weighted by Crippen LogP contribution is -2.41. The van der Waals surface area contributed by atoms with Gasteiger partial charge in [-0.15, -0.1) is 11.3 Å². The molecule has 1 aliphatic carbocycles. The minimum atomic E-state index is -0.0626. The van der Waals surface area contributed by atoms with Crippen molar-refractivity contribution in [2.24, 2.45) is 5.92 Å². The van der Waals surface area contributed by atoms with Gasteiger partial charge in [-0.05, 0) is 37.0 Å². The molecule has 0 bridgehead atoms. The van der Waals surface area contributed by atoms with Crippen LogP contribution < -0.4 is 5.32 Å². The third kappa shape index (κ3) is 4.84. The maximum absolute atomic E-state index is 13.3. The second kappa shape index (κ2) is 10.4. The molecule has 11 heteroatoms. The predicted octanol–water partition coefficient (Wildman–Crippen LogP) is 3.96. The molecular weight excluding hydrogens is 488 g/mol. The van der Waals surface area contributed by atoms with Crippen LogP contribution in [0.2, 0.25) is 5.02 Å². The second-order valence-electron chi connectivity index (χ2n) is 8.52. The largest absolute Gasteiger partial charge is 0.383 e. The quantitative estimate of drug-likeness (QED) is 0.361. The fraction of sp³-hybridized carbons (Fsp3) is 0.417. The van der Waals surface area contributed by atoms with Crippen LogP contribution in [0.15, 0.2) is 30.9 Å². The van der Waals surface area contributed by atoms with Crippen LogP contribution in [0.1, 0.15) is 16.9 Å². The first kappa shape index (κ1) is 23.9. The molecule has 9 nitrogen and oxygen atoms in total. The Morgan fingerprint density at radius 3 is 2.86 bits per heavy atom. The number of nitrogens with zero attached hydrogens (tertiary/aromatic N) is 5. The maximum atomic E-state index is 13.3. The lowest BCUT2D eigenvalue weighted by Gasteiger charge is -2.29. The topological polar surface area (TPSA) is 93.9 Å². The molecule has 1 N–H and O–H groups in total. The van der Waals surface area contributed by atoms with Gasteiger partial charge in [0, 0.05) is 50.5 Å². The molecule has 1 aliphatic rings. The van der Waals surface area contributed by atoms with Crippen molar-refractivity contribution in [2.75, 3.05) is 45.8 Å². The van der Waals surface area contributed by atoms with Crippen molar-refractivity contribution in [3.05, 3.63) is 46.3 Å². The number of aromatic nitrogens is 4. The maximum Gasteiger partial charge on any atom is 0.226 e. The van der Waals surface area contributed by atoms with E-state index in [9.17, 15) is 4.79 Å². The van der Waals surface area contributed by atoms with Crippen LogP contribution in [0.4, 0.5) is 11.5 Å². The molecule has 0 aromatic carbocycles. The highest BCUT2D eigenvalue weighted by Gasteiger charge is 2.31. The number of anilines is 2. The Hall–Kier alpha value is -2.79. The Labute approximate surface area is 212 Å². The van der Waals surface area contributed by atoms with Gasteiger partial charge in [0.1, 0.15) is 17.0 Å². The Balaban J connectivity index is 1.41. The van der Waals surface area contributed by atoms with E-state index >= 15 is 0 Å². The summed E-state index contributed by atoms with van der Waals surface area (Å²) in [7, 11) is 3.30. The Kier molecular flexibility index (Phi) is 7.14. The van der Waals surface area contributed by atoms with E-state index in [1.54, 1.807) is 48.8 Å². The summed E-state index contributed by atoms with van der Waals surface area (Å²) in [5.41, 5.74) is 2.91. The SMILES string of the molecule is COCCN(CCOC)C(=O)[C@H]1CCc2c(sc3ncnc(Nc4cc5ccnn5cc4Cl)c23)C1. The van der Waals surface area contributed by atoms with Crippen LogP contribution >= 0.6 is 22.9 Å². The van der Waals surface area contributed by atoms with Crippen molar-refractivity contribution < 1.29 is 14.3 Å². The van der Waals surface area contributed by atoms with Gasteiger partial charge in [0.25, 0.3) is 0 Å². The third-order valence-electron chi connectivity index (χ3n) is 6.38. The summed E-state index contributed by atoms with van der Waals surface area (Å²) in [5.74, 6) is 0.824. The lowest BCUT2D eigenvalue weighted by molar-refractivity contribution is -0.137. The lowest BCUT2D eigenvalue weighted by atomic mass is 9.87. The van der Waals surface area contributed by atoms with Gasteiger partial charge < -0.3 is 19.7 Å². The van der Waals surface area contributed by atoms with E-state index in [-0.39, 0.29) is 11.8 Å². The summed E-state index contributed by atoms with van der Waals surface area (Å²) in [5, 5.41) is 9.20. The molecule has 0 radical (unpaired) electrons. The van der Waals surface area contributed by atoms with Crippen LogP contribution in [0.25, 0.3) is 15.7 Å². The summed E-state index contributed by atoms with van der Waals surface area (Å²) >= 11 is 8.15. The second-order valence-corrected chi connectivity index (χ2v) is 10.0. The normalized spacial score (nSPS) is 15.5. The van der Waals surface area contributed by atoms with Gasteiger partial charge in [0.2, 0.25) is 5.91 Å². The number of methoxy groups -OCH3 is 2. The number of halogens is 1. The van der Waals surface area contributed by atoms with E-state index in [0.717, 1.165) is 40.1 Å². The molecule has 0 unspecified atom stereocenters. The molecule has 0 fully saturated rings. The molecule has 0 saturated carbocycles. The number of fused-ring (bicyclic) bond motifs is 4. The summed E-state index contributed by atoms with van der Waals surface area (Å²) in [4.78, 5) is 26.4. The third-order valence-corrected chi connectivity index (χ3v) is 7.84. The first-order chi connectivity index (χ1) is 17.1. The molecule has 0 spiro atoms. The Bertz CT molecular complexity index is 1350. The van der Waals surface area contributed by atoms with Gasteiger partial charge in [0.15, 0.2) is 0 Å². The van der Waals surface area contributed by atoms with E-state index in [0.29, 0.717) is 37.7 Å².